The smallest absolute Gasteiger partial charge is 0.171 e. The molecule has 2 aromatic rings. The van der Waals surface area contributed by atoms with Crippen molar-refractivity contribution in [3.63, 3.8) is 0 Å². The van der Waals surface area contributed by atoms with Gasteiger partial charge >= 0.3 is 0 Å². The fourth-order valence-corrected chi connectivity index (χ4v) is 1.61. The minimum absolute atomic E-state index is 0.347. The zero-order valence-electron chi connectivity index (χ0n) is 9.29. The summed E-state index contributed by atoms with van der Waals surface area (Å²) >= 11 is 0. The summed E-state index contributed by atoms with van der Waals surface area (Å²) in [6.07, 6.45) is 2.31. The van der Waals surface area contributed by atoms with E-state index in [0.717, 1.165) is 17.9 Å². The first-order valence-electron chi connectivity index (χ1n) is 5.11. The van der Waals surface area contributed by atoms with Crippen LogP contribution in [0.25, 0.3) is 0 Å². The minimum atomic E-state index is 0.347. The molecule has 2 aromatic heterocycles. The van der Waals surface area contributed by atoms with Crippen LogP contribution >= 0.6 is 0 Å². The maximum Gasteiger partial charge on any atom is 0.171 e. The van der Waals surface area contributed by atoms with E-state index in [1.807, 2.05) is 24.6 Å². The molecule has 0 spiro atoms. The summed E-state index contributed by atoms with van der Waals surface area (Å²) < 4.78 is 3.55. The van der Waals surface area contributed by atoms with Crippen LogP contribution in [0.3, 0.4) is 0 Å². The second-order valence-electron chi connectivity index (χ2n) is 3.55. The van der Waals surface area contributed by atoms with Gasteiger partial charge in [-0.15, -0.1) is 5.10 Å². The molecule has 84 valence electrons. The van der Waals surface area contributed by atoms with Crippen LogP contribution in [0.15, 0.2) is 12.3 Å². The predicted molar refractivity (Wildman–Crippen MR) is 57.1 cm³/mol. The summed E-state index contributed by atoms with van der Waals surface area (Å²) in [4.78, 5) is 10.5. The average molecular weight is 219 g/mol. The fraction of sp³-hybridized carbons (Fsp3) is 0.400. The topological polar surface area (TPSA) is 65.6 Å². The summed E-state index contributed by atoms with van der Waals surface area (Å²) in [6.45, 7) is 5.38. The molecule has 6 heteroatoms. The normalized spacial score (nSPS) is 10.6. The van der Waals surface area contributed by atoms with Crippen molar-refractivity contribution < 1.29 is 4.79 Å². The number of hydrogen-bond donors (Lipinski definition) is 0. The number of aromatic nitrogens is 5. The summed E-state index contributed by atoms with van der Waals surface area (Å²) in [5, 5.41) is 11.9. The highest BCUT2D eigenvalue weighted by atomic mass is 16.1. The molecule has 0 bridgehead atoms. The van der Waals surface area contributed by atoms with Crippen LogP contribution in [-0.4, -0.2) is 31.1 Å². The van der Waals surface area contributed by atoms with Crippen molar-refractivity contribution >= 4 is 6.29 Å². The Bertz CT molecular complexity index is 499. The highest BCUT2D eigenvalue weighted by Gasteiger charge is 2.06. The number of aldehydes is 1. The van der Waals surface area contributed by atoms with Gasteiger partial charge in [-0.2, -0.15) is 5.10 Å². The van der Waals surface area contributed by atoms with Crippen molar-refractivity contribution in [2.75, 3.05) is 0 Å². The Balaban J connectivity index is 2.22. The molecule has 6 nitrogen and oxygen atoms in total. The van der Waals surface area contributed by atoms with E-state index >= 15 is 0 Å². The highest BCUT2D eigenvalue weighted by Crippen LogP contribution is 2.05. The van der Waals surface area contributed by atoms with Crippen molar-refractivity contribution in [1.29, 1.82) is 0 Å². The van der Waals surface area contributed by atoms with Gasteiger partial charge in [0.2, 0.25) is 0 Å². The van der Waals surface area contributed by atoms with Crippen molar-refractivity contribution in [1.82, 2.24) is 24.8 Å². The quantitative estimate of drug-likeness (QED) is 0.709. The van der Waals surface area contributed by atoms with Gasteiger partial charge in [0.15, 0.2) is 6.29 Å². The number of hydrogen-bond acceptors (Lipinski definition) is 4. The summed E-state index contributed by atoms with van der Waals surface area (Å²) in [6, 6.07) is 2.01. The molecule has 0 unspecified atom stereocenters. The molecular weight excluding hydrogens is 206 g/mol. The molecule has 0 aliphatic carbocycles. The van der Waals surface area contributed by atoms with E-state index in [1.165, 1.54) is 0 Å². The third-order valence-electron chi connectivity index (χ3n) is 2.29. The van der Waals surface area contributed by atoms with Crippen LogP contribution in [0.5, 0.6) is 0 Å². The van der Waals surface area contributed by atoms with Gasteiger partial charge in [0.25, 0.3) is 0 Å². The van der Waals surface area contributed by atoms with Crippen LogP contribution in [0, 0.1) is 6.92 Å². The van der Waals surface area contributed by atoms with Gasteiger partial charge in [-0.1, -0.05) is 5.21 Å². The molecule has 0 saturated heterocycles. The van der Waals surface area contributed by atoms with Gasteiger partial charge in [-0.25, -0.2) is 4.68 Å². The lowest BCUT2D eigenvalue weighted by Gasteiger charge is -2.03. The average Bonchev–Trinajstić information content (AvgIpc) is 2.85. The molecule has 0 aliphatic rings. The minimum Gasteiger partial charge on any atom is -0.296 e. The molecular formula is C10H13N5O. The molecule has 0 saturated carbocycles. The molecule has 0 aromatic carbocycles. The summed E-state index contributed by atoms with van der Waals surface area (Å²) in [5.41, 5.74) is 2.38. The van der Waals surface area contributed by atoms with Crippen LogP contribution in [-0.2, 0) is 13.1 Å². The lowest BCUT2D eigenvalue weighted by atomic mass is 10.3. The number of carbonyl (C=O) groups excluding carboxylic acids is 1. The number of aryl methyl sites for hydroxylation is 2. The monoisotopic (exact) mass is 219 g/mol. The van der Waals surface area contributed by atoms with E-state index in [2.05, 4.69) is 15.4 Å². The number of nitrogens with zero attached hydrogens (tertiary/aromatic N) is 5. The van der Waals surface area contributed by atoms with Crippen LogP contribution in [0.1, 0.15) is 28.8 Å². The van der Waals surface area contributed by atoms with Crippen LogP contribution in [0.2, 0.25) is 0 Å². The maximum absolute atomic E-state index is 10.5. The van der Waals surface area contributed by atoms with Gasteiger partial charge in [0.05, 0.1) is 24.1 Å². The largest absolute Gasteiger partial charge is 0.296 e. The number of carbonyl (C=O) groups is 1. The lowest BCUT2D eigenvalue weighted by Crippen LogP contribution is -2.08. The summed E-state index contributed by atoms with van der Waals surface area (Å²) in [5.74, 6) is 0. The first kappa shape index (κ1) is 10.5. The van der Waals surface area contributed by atoms with Gasteiger partial charge in [-0.3, -0.25) is 9.48 Å². The van der Waals surface area contributed by atoms with Gasteiger partial charge in [0.1, 0.15) is 5.69 Å². The Labute approximate surface area is 92.9 Å². The van der Waals surface area contributed by atoms with Crippen LogP contribution in [0.4, 0.5) is 0 Å². The van der Waals surface area contributed by atoms with E-state index < -0.39 is 0 Å². The first-order chi connectivity index (χ1) is 7.72. The molecule has 0 radical (unpaired) electrons. The zero-order valence-corrected chi connectivity index (χ0v) is 9.29. The second-order valence-corrected chi connectivity index (χ2v) is 3.55. The van der Waals surface area contributed by atoms with Crippen molar-refractivity contribution in [3.8, 4) is 0 Å². The molecule has 2 heterocycles. The molecule has 0 aliphatic heterocycles. The third kappa shape index (κ3) is 2.00. The Kier molecular flexibility index (Phi) is 2.80. The van der Waals surface area contributed by atoms with Gasteiger partial charge in [0, 0.05) is 6.54 Å². The standard InChI is InChI=1S/C10H13N5O/c1-3-15-10(4-8(2)12-15)6-14-5-9(7-16)11-13-14/h4-5,7H,3,6H2,1-2H3. The van der Waals surface area contributed by atoms with Crippen molar-refractivity contribution in [3.05, 3.63) is 29.3 Å². The van der Waals surface area contributed by atoms with Gasteiger partial charge < -0.3 is 0 Å². The van der Waals surface area contributed by atoms with Crippen LogP contribution < -0.4 is 0 Å². The SMILES string of the molecule is CCn1nc(C)cc1Cn1cc(C=O)nn1. The Hall–Kier alpha value is -1.98. The van der Waals surface area contributed by atoms with Gasteiger partial charge in [-0.05, 0) is 19.9 Å². The first-order valence-corrected chi connectivity index (χ1v) is 5.11. The fourth-order valence-electron chi connectivity index (χ4n) is 1.61. The third-order valence-corrected chi connectivity index (χ3v) is 2.29. The Morgan fingerprint density at radius 2 is 2.31 bits per heavy atom. The van der Waals surface area contributed by atoms with E-state index in [-0.39, 0.29) is 0 Å². The maximum atomic E-state index is 10.5. The molecule has 0 fully saturated rings. The van der Waals surface area contributed by atoms with Crippen molar-refractivity contribution in [2.24, 2.45) is 0 Å². The number of rotatable bonds is 4. The van der Waals surface area contributed by atoms with E-state index in [9.17, 15) is 4.79 Å². The lowest BCUT2D eigenvalue weighted by molar-refractivity contribution is 0.111. The van der Waals surface area contributed by atoms with Crippen molar-refractivity contribution in [2.45, 2.75) is 26.9 Å². The second kappa shape index (κ2) is 4.26. The zero-order chi connectivity index (χ0) is 11.5. The summed E-state index contributed by atoms with van der Waals surface area (Å²) in [7, 11) is 0. The highest BCUT2D eigenvalue weighted by molar-refractivity contribution is 5.70. The Morgan fingerprint density at radius 1 is 1.50 bits per heavy atom. The van der Waals surface area contributed by atoms with E-state index in [4.69, 9.17) is 0 Å². The molecule has 0 atom stereocenters. The van der Waals surface area contributed by atoms with E-state index in [0.29, 0.717) is 18.5 Å². The molecule has 16 heavy (non-hydrogen) atoms. The Morgan fingerprint density at radius 3 is 2.94 bits per heavy atom. The molecule has 0 N–H and O–H groups in total. The molecule has 2 rings (SSSR count). The predicted octanol–water partition coefficient (Wildman–Crippen LogP) is 0.664. The molecule has 0 amide bonds. The van der Waals surface area contributed by atoms with E-state index in [1.54, 1.807) is 10.9 Å².